The lowest BCUT2D eigenvalue weighted by molar-refractivity contribution is -0.139. The molecule has 0 aliphatic heterocycles. The van der Waals surface area contributed by atoms with Gasteiger partial charge in [0.25, 0.3) is 0 Å². The van der Waals surface area contributed by atoms with Crippen LogP contribution in [0.25, 0.3) is 5.65 Å². The molecule has 8 heteroatoms. The smallest absolute Gasteiger partial charge is 0.387 e. The molecule has 132 valence electrons. The van der Waals surface area contributed by atoms with Crippen molar-refractivity contribution in [2.24, 2.45) is 0 Å². The topological polar surface area (TPSA) is 62.5 Å². The van der Waals surface area contributed by atoms with Gasteiger partial charge in [-0.05, 0) is 18.1 Å². The fraction of sp³-hybridized carbons (Fsp3) is 0.294. The Hall–Kier alpha value is -2.61. The average Bonchev–Trinajstić information content (AvgIpc) is 3.07. The van der Waals surface area contributed by atoms with E-state index >= 15 is 0 Å². The summed E-state index contributed by atoms with van der Waals surface area (Å²) in [5.41, 5.74) is 0.453. The third-order valence-electron chi connectivity index (χ3n) is 3.88. The lowest BCUT2D eigenvalue weighted by Crippen LogP contribution is -2.19. The van der Waals surface area contributed by atoms with Crippen LogP contribution in [0.4, 0.5) is 19.0 Å². The molecule has 3 aromatic rings. The Balaban J connectivity index is 1.84. The van der Waals surface area contributed by atoms with Crippen LogP contribution in [-0.2, 0) is 12.6 Å². The zero-order valence-electron chi connectivity index (χ0n) is 13.5. The Kier molecular flexibility index (Phi) is 4.63. The molecule has 0 aliphatic rings. The molecule has 0 aliphatic carbocycles. The van der Waals surface area contributed by atoms with Crippen LogP contribution in [0.5, 0.6) is 0 Å². The van der Waals surface area contributed by atoms with E-state index in [4.69, 9.17) is 0 Å². The van der Waals surface area contributed by atoms with Gasteiger partial charge in [0.2, 0.25) is 0 Å². The van der Waals surface area contributed by atoms with Gasteiger partial charge in [-0.3, -0.25) is 0 Å². The molecule has 0 bridgehead atoms. The van der Waals surface area contributed by atoms with Crippen molar-refractivity contribution in [3.63, 3.8) is 0 Å². The first kappa shape index (κ1) is 17.2. The molecule has 5 nitrogen and oxygen atoms in total. The van der Waals surface area contributed by atoms with Crippen LogP contribution in [0.3, 0.4) is 0 Å². The second-order valence-corrected chi connectivity index (χ2v) is 5.57. The summed E-state index contributed by atoms with van der Waals surface area (Å²) in [7, 11) is 0. The summed E-state index contributed by atoms with van der Waals surface area (Å²) < 4.78 is 40.8. The van der Waals surface area contributed by atoms with E-state index in [0.29, 0.717) is 17.9 Å². The third-order valence-corrected chi connectivity index (χ3v) is 3.88. The number of nitrogens with zero attached hydrogens (tertiary/aromatic N) is 3. The van der Waals surface area contributed by atoms with Crippen LogP contribution in [0.2, 0.25) is 0 Å². The first-order valence-corrected chi connectivity index (χ1v) is 7.82. The van der Waals surface area contributed by atoms with Crippen LogP contribution in [0.1, 0.15) is 29.8 Å². The number of nitrogens with one attached hydrogen (secondary N) is 1. The van der Waals surface area contributed by atoms with Gasteiger partial charge < -0.3 is 10.4 Å². The number of rotatable bonds is 5. The highest BCUT2D eigenvalue weighted by Crippen LogP contribution is 2.34. The number of fused-ring (bicyclic) bond motifs is 1. The molecule has 2 aromatic heterocycles. The predicted octanol–water partition coefficient (Wildman–Crippen LogP) is 3.46. The largest absolute Gasteiger partial charge is 0.416 e. The number of hydrogen-bond donors (Lipinski definition) is 2. The monoisotopic (exact) mass is 350 g/mol. The number of anilines is 1. The number of benzene rings is 1. The minimum atomic E-state index is -4.52. The fourth-order valence-electron chi connectivity index (χ4n) is 2.63. The highest BCUT2D eigenvalue weighted by Gasteiger charge is 2.34. The molecule has 3 rings (SSSR count). The number of aryl methyl sites for hydroxylation is 1. The lowest BCUT2D eigenvalue weighted by Gasteiger charge is -2.18. The normalized spacial score (nSPS) is 13.2. The first-order valence-electron chi connectivity index (χ1n) is 7.82. The minimum Gasteiger partial charge on any atom is -0.387 e. The van der Waals surface area contributed by atoms with E-state index in [1.54, 1.807) is 22.8 Å². The van der Waals surface area contributed by atoms with Crippen molar-refractivity contribution in [2.45, 2.75) is 25.6 Å². The SMILES string of the molecule is CCc1cc(NC[C@@H](O)c2ccccc2C(F)(F)F)n2nccc2n1. The van der Waals surface area contributed by atoms with Crippen LogP contribution in [-0.4, -0.2) is 26.2 Å². The van der Waals surface area contributed by atoms with Gasteiger partial charge in [0.1, 0.15) is 5.82 Å². The third kappa shape index (κ3) is 3.58. The molecule has 1 atom stereocenters. The molecule has 1 aromatic carbocycles. The first-order chi connectivity index (χ1) is 11.9. The molecule has 0 unspecified atom stereocenters. The molecule has 0 radical (unpaired) electrons. The summed E-state index contributed by atoms with van der Waals surface area (Å²) in [6.45, 7) is 1.86. The van der Waals surface area contributed by atoms with E-state index in [9.17, 15) is 18.3 Å². The van der Waals surface area contributed by atoms with Gasteiger partial charge in [-0.25, -0.2) is 4.98 Å². The van der Waals surface area contributed by atoms with Crippen molar-refractivity contribution in [3.05, 3.63) is 59.4 Å². The summed E-state index contributed by atoms with van der Waals surface area (Å²) in [4.78, 5) is 4.40. The van der Waals surface area contributed by atoms with E-state index in [1.807, 2.05) is 6.92 Å². The van der Waals surface area contributed by atoms with E-state index in [-0.39, 0.29) is 12.1 Å². The second-order valence-electron chi connectivity index (χ2n) is 5.57. The van der Waals surface area contributed by atoms with Crippen molar-refractivity contribution in [2.75, 3.05) is 11.9 Å². The Bertz CT molecular complexity index is 876. The van der Waals surface area contributed by atoms with Crippen molar-refractivity contribution in [1.82, 2.24) is 14.6 Å². The number of aromatic nitrogens is 3. The maximum absolute atomic E-state index is 13.1. The van der Waals surface area contributed by atoms with Crippen molar-refractivity contribution >= 4 is 11.5 Å². The summed E-state index contributed by atoms with van der Waals surface area (Å²) in [6, 6.07) is 8.52. The van der Waals surface area contributed by atoms with Crippen molar-refractivity contribution < 1.29 is 18.3 Å². The van der Waals surface area contributed by atoms with E-state index < -0.39 is 17.8 Å². The molecule has 0 fully saturated rings. The molecular formula is C17H17F3N4O. The zero-order valence-corrected chi connectivity index (χ0v) is 13.5. The highest BCUT2D eigenvalue weighted by molar-refractivity contribution is 5.49. The summed E-state index contributed by atoms with van der Waals surface area (Å²) in [5.74, 6) is 0.565. The van der Waals surface area contributed by atoms with E-state index in [1.165, 1.54) is 18.2 Å². The van der Waals surface area contributed by atoms with Gasteiger partial charge in [-0.15, -0.1) is 0 Å². The molecule has 0 saturated carbocycles. The van der Waals surface area contributed by atoms with Crippen LogP contribution in [0, 0.1) is 0 Å². The number of aliphatic hydroxyl groups excluding tert-OH is 1. The van der Waals surface area contributed by atoms with E-state index in [0.717, 1.165) is 11.8 Å². The maximum atomic E-state index is 13.1. The second kappa shape index (κ2) is 6.72. The van der Waals surface area contributed by atoms with Crippen LogP contribution in [0.15, 0.2) is 42.6 Å². The van der Waals surface area contributed by atoms with Crippen molar-refractivity contribution in [1.29, 1.82) is 0 Å². The molecular weight excluding hydrogens is 333 g/mol. The lowest BCUT2D eigenvalue weighted by atomic mass is 10.0. The Morgan fingerprint density at radius 1 is 1.24 bits per heavy atom. The van der Waals surface area contributed by atoms with Gasteiger partial charge in [0.05, 0.1) is 17.9 Å². The maximum Gasteiger partial charge on any atom is 0.416 e. The van der Waals surface area contributed by atoms with Gasteiger partial charge >= 0.3 is 6.18 Å². The molecule has 2 heterocycles. The molecule has 0 amide bonds. The fourth-order valence-corrected chi connectivity index (χ4v) is 2.63. The van der Waals surface area contributed by atoms with Gasteiger partial charge in [0, 0.05) is 24.4 Å². The summed E-state index contributed by atoms with van der Waals surface area (Å²) in [5, 5.41) is 17.4. The molecule has 2 N–H and O–H groups in total. The number of hydrogen-bond acceptors (Lipinski definition) is 4. The van der Waals surface area contributed by atoms with Crippen molar-refractivity contribution in [3.8, 4) is 0 Å². The number of aliphatic hydroxyl groups is 1. The van der Waals surface area contributed by atoms with Crippen LogP contribution >= 0.6 is 0 Å². The standard InChI is InChI=1S/C17H17F3N4O/c1-2-11-9-16(24-15(23-11)7-8-22-24)21-10-14(25)12-5-3-4-6-13(12)17(18,19)20/h3-9,14,21,25H,2,10H2,1H3/t14-/m1/s1. The van der Waals surface area contributed by atoms with Gasteiger partial charge in [-0.1, -0.05) is 25.1 Å². The Labute approximate surface area is 142 Å². The Morgan fingerprint density at radius 3 is 2.72 bits per heavy atom. The molecule has 25 heavy (non-hydrogen) atoms. The quantitative estimate of drug-likeness (QED) is 0.740. The Morgan fingerprint density at radius 2 is 2.00 bits per heavy atom. The molecule has 0 saturated heterocycles. The van der Waals surface area contributed by atoms with Crippen LogP contribution < -0.4 is 5.32 Å². The van der Waals surface area contributed by atoms with Gasteiger partial charge in [0.15, 0.2) is 5.65 Å². The zero-order chi connectivity index (χ0) is 18.0. The predicted molar refractivity (Wildman–Crippen MR) is 87.3 cm³/mol. The summed E-state index contributed by atoms with van der Waals surface area (Å²) >= 11 is 0. The summed E-state index contributed by atoms with van der Waals surface area (Å²) in [6.07, 6.45) is -3.54. The highest BCUT2D eigenvalue weighted by atomic mass is 19.4. The number of alkyl halides is 3. The van der Waals surface area contributed by atoms with Gasteiger partial charge in [-0.2, -0.15) is 22.8 Å². The minimum absolute atomic E-state index is 0.0881. The van der Waals surface area contributed by atoms with E-state index in [2.05, 4.69) is 15.4 Å². The number of halogens is 3. The average molecular weight is 350 g/mol. The molecule has 0 spiro atoms.